The van der Waals surface area contributed by atoms with E-state index >= 15 is 0 Å². The zero-order chi connectivity index (χ0) is 11.6. The summed E-state index contributed by atoms with van der Waals surface area (Å²) in [6.07, 6.45) is 4.49. The summed E-state index contributed by atoms with van der Waals surface area (Å²) in [5.41, 5.74) is -0.336. The van der Waals surface area contributed by atoms with Crippen LogP contribution in [-0.4, -0.2) is 47.2 Å². The van der Waals surface area contributed by atoms with Gasteiger partial charge in [0.1, 0.15) is 11.3 Å². The van der Waals surface area contributed by atoms with E-state index in [1.165, 1.54) is 0 Å². The van der Waals surface area contributed by atoms with Gasteiger partial charge < -0.3 is 14.7 Å². The average molecular weight is 223 g/mol. The van der Waals surface area contributed by atoms with E-state index in [0.717, 1.165) is 13.1 Å². The molecule has 88 valence electrons. The van der Waals surface area contributed by atoms with Gasteiger partial charge in [-0.25, -0.2) is 4.98 Å². The molecule has 1 aromatic rings. The molecule has 0 saturated carbocycles. The van der Waals surface area contributed by atoms with E-state index < -0.39 is 5.60 Å². The molecule has 0 atom stereocenters. The molecular weight excluding hydrogens is 206 g/mol. The molecular formula is C11H17N3O2. The van der Waals surface area contributed by atoms with E-state index in [-0.39, 0.29) is 0 Å². The Labute approximate surface area is 95.1 Å². The molecule has 0 amide bonds. The fourth-order valence-corrected chi connectivity index (χ4v) is 2.02. The maximum absolute atomic E-state index is 10.6. The van der Waals surface area contributed by atoms with Gasteiger partial charge in [-0.15, -0.1) is 0 Å². The number of piperidine rings is 1. The number of hydrogen-bond donors (Lipinski definition) is 1. The topological polar surface area (TPSA) is 58.5 Å². The standard InChI is InChI=1S/C11H17N3O2/c1-14-7-3-11(15,4-8-14)9-10(16-2)13-6-5-12-9/h5-6,15H,3-4,7-8H2,1-2H3. The highest BCUT2D eigenvalue weighted by molar-refractivity contribution is 5.25. The van der Waals surface area contributed by atoms with Gasteiger partial charge in [0, 0.05) is 25.5 Å². The van der Waals surface area contributed by atoms with Crippen LogP contribution in [0.5, 0.6) is 5.88 Å². The van der Waals surface area contributed by atoms with Gasteiger partial charge in [-0.1, -0.05) is 0 Å². The van der Waals surface area contributed by atoms with Crippen LogP contribution >= 0.6 is 0 Å². The first-order valence-electron chi connectivity index (χ1n) is 5.42. The number of hydrogen-bond acceptors (Lipinski definition) is 5. The Balaban J connectivity index is 2.28. The van der Waals surface area contributed by atoms with E-state index in [2.05, 4.69) is 14.9 Å². The molecule has 2 rings (SSSR count). The fourth-order valence-electron chi connectivity index (χ4n) is 2.02. The summed E-state index contributed by atoms with van der Waals surface area (Å²) in [5, 5.41) is 10.6. The Kier molecular flexibility index (Phi) is 3.07. The van der Waals surface area contributed by atoms with Gasteiger partial charge in [-0.05, 0) is 19.9 Å². The van der Waals surface area contributed by atoms with Crippen molar-refractivity contribution in [3.8, 4) is 5.88 Å². The van der Waals surface area contributed by atoms with Gasteiger partial charge in [-0.2, -0.15) is 0 Å². The van der Waals surface area contributed by atoms with Gasteiger partial charge in [-0.3, -0.25) is 4.98 Å². The van der Waals surface area contributed by atoms with Crippen LogP contribution in [0.3, 0.4) is 0 Å². The predicted molar refractivity (Wildman–Crippen MR) is 59.2 cm³/mol. The number of ether oxygens (including phenoxy) is 1. The van der Waals surface area contributed by atoms with Crippen molar-refractivity contribution in [2.24, 2.45) is 0 Å². The minimum absolute atomic E-state index is 0.426. The molecule has 0 radical (unpaired) electrons. The van der Waals surface area contributed by atoms with Crippen LogP contribution in [0, 0.1) is 0 Å². The molecule has 1 aliphatic heterocycles. The number of nitrogens with zero attached hydrogens (tertiary/aromatic N) is 3. The Morgan fingerprint density at radius 3 is 2.56 bits per heavy atom. The maximum Gasteiger partial charge on any atom is 0.238 e. The van der Waals surface area contributed by atoms with Crippen LogP contribution in [0.25, 0.3) is 0 Å². The Bertz CT molecular complexity index is 362. The highest BCUT2D eigenvalue weighted by Crippen LogP contribution is 2.34. The van der Waals surface area contributed by atoms with Crippen LogP contribution in [0.4, 0.5) is 0 Å². The van der Waals surface area contributed by atoms with E-state index in [0.29, 0.717) is 24.4 Å². The molecule has 5 heteroatoms. The monoisotopic (exact) mass is 223 g/mol. The molecule has 2 heterocycles. The first kappa shape index (κ1) is 11.3. The van der Waals surface area contributed by atoms with Crippen molar-refractivity contribution in [3.63, 3.8) is 0 Å². The van der Waals surface area contributed by atoms with Crippen molar-refractivity contribution < 1.29 is 9.84 Å². The first-order valence-corrected chi connectivity index (χ1v) is 5.42. The van der Waals surface area contributed by atoms with Crippen molar-refractivity contribution in [1.82, 2.24) is 14.9 Å². The van der Waals surface area contributed by atoms with Crippen LogP contribution in [0.1, 0.15) is 18.5 Å². The van der Waals surface area contributed by atoms with Gasteiger partial charge in [0.2, 0.25) is 5.88 Å². The molecule has 1 N–H and O–H groups in total. The van der Waals surface area contributed by atoms with Crippen LogP contribution < -0.4 is 4.74 Å². The number of rotatable bonds is 2. The summed E-state index contributed by atoms with van der Waals surface area (Å²) in [6.45, 7) is 1.71. The van der Waals surface area contributed by atoms with E-state index in [9.17, 15) is 5.11 Å². The fraction of sp³-hybridized carbons (Fsp3) is 0.636. The molecule has 1 aliphatic rings. The third-order valence-corrected chi connectivity index (χ3v) is 3.11. The lowest BCUT2D eigenvalue weighted by Crippen LogP contribution is -2.41. The summed E-state index contributed by atoms with van der Waals surface area (Å²) >= 11 is 0. The lowest BCUT2D eigenvalue weighted by atomic mass is 9.88. The molecule has 1 saturated heterocycles. The van der Waals surface area contributed by atoms with E-state index in [1.807, 2.05) is 7.05 Å². The predicted octanol–water partition coefficient (Wildman–Crippen LogP) is 0.398. The van der Waals surface area contributed by atoms with Crippen LogP contribution in [-0.2, 0) is 5.60 Å². The Hall–Kier alpha value is -1.20. The van der Waals surface area contributed by atoms with Crippen molar-refractivity contribution >= 4 is 0 Å². The SMILES string of the molecule is COc1nccnc1C1(O)CCN(C)CC1. The van der Waals surface area contributed by atoms with Gasteiger partial charge in [0.15, 0.2) is 0 Å². The zero-order valence-corrected chi connectivity index (χ0v) is 9.68. The first-order chi connectivity index (χ1) is 7.65. The molecule has 16 heavy (non-hydrogen) atoms. The van der Waals surface area contributed by atoms with Gasteiger partial charge >= 0.3 is 0 Å². The second kappa shape index (κ2) is 4.35. The molecule has 1 fully saturated rings. The summed E-state index contributed by atoms with van der Waals surface area (Å²) in [5.74, 6) is 0.426. The highest BCUT2D eigenvalue weighted by Gasteiger charge is 2.37. The van der Waals surface area contributed by atoms with Crippen LogP contribution in [0.2, 0.25) is 0 Å². The smallest absolute Gasteiger partial charge is 0.238 e. The minimum atomic E-state index is -0.897. The average Bonchev–Trinajstić information content (AvgIpc) is 2.33. The molecule has 0 aliphatic carbocycles. The molecule has 5 nitrogen and oxygen atoms in total. The molecule has 0 aromatic carbocycles. The lowest BCUT2D eigenvalue weighted by molar-refractivity contribution is -0.0260. The van der Waals surface area contributed by atoms with E-state index in [1.54, 1.807) is 19.5 Å². The second-order valence-corrected chi connectivity index (χ2v) is 4.25. The summed E-state index contributed by atoms with van der Waals surface area (Å²) in [6, 6.07) is 0. The largest absolute Gasteiger partial charge is 0.480 e. The van der Waals surface area contributed by atoms with Gasteiger partial charge in [0.05, 0.1) is 7.11 Å². The molecule has 0 spiro atoms. The number of likely N-dealkylation sites (tertiary alicyclic amines) is 1. The van der Waals surface area contributed by atoms with Crippen molar-refractivity contribution in [2.75, 3.05) is 27.2 Å². The Morgan fingerprint density at radius 2 is 1.94 bits per heavy atom. The van der Waals surface area contributed by atoms with Crippen molar-refractivity contribution in [2.45, 2.75) is 18.4 Å². The second-order valence-electron chi connectivity index (χ2n) is 4.25. The van der Waals surface area contributed by atoms with Crippen molar-refractivity contribution in [1.29, 1.82) is 0 Å². The van der Waals surface area contributed by atoms with Crippen molar-refractivity contribution in [3.05, 3.63) is 18.1 Å². The van der Waals surface area contributed by atoms with E-state index in [4.69, 9.17) is 4.74 Å². The lowest BCUT2D eigenvalue weighted by Gasteiger charge is -2.36. The highest BCUT2D eigenvalue weighted by atomic mass is 16.5. The Morgan fingerprint density at radius 1 is 1.31 bits per heavy atom. The molecule has 0 unspecified atom stereocenters. The van der Waals surface area contributed by atoms with Gasteiger partial charge in [0.25, 0.3) is 0 Å². The quantitative estimate of drug-likeness (QED) is 0.786. The van der Waals surface area contributed by atoms with Crippen LogP contribution in [0.15, 0.2) is 12.4 Å². The summed E-state index contributed by atoms with van der Waals surface area (Å²) < 4.78 is 5.14. The molecule has 1 aromatic heterocycles. The number of methoxy groups -OCH3 is 1. The molecule has 0 bridgehead atoms. The normalized spacial score (nSPS) is 20.7. The third kappa shape index (κ3) is 2.01. The zero-order valence-electron chi connectivity index (χ0n) is 9.68. The third-order valence-electron chi connectivity index (χ3n) is 3.11. The summed E-state index contributed by atoms with van der Waals surface area (Å²) in [4.78, 5) is 10.5. The summed E-state index contributed by atoms with van der Waals surface area (Å²) in [7, 11) is 3.60. The number of aliphatic hydroxyl groups is 1. The maximum atomic E-state index is 10.6. The number of aromatic nitrogens is 2. The minimum Gasteiger partial charge on any atom is -0.480 e.